The zero-order valence-corrected chi connectivity index (χ0v) is 18.8. The number of nitrogens with zero attached hydrogens (tertiary/aromatic N) is 3. The molecule has 0 unspecified atom stereocenters. The molecule has 0 bridgehead atoms. The summed E-state index contributed by atoms with van der Waals surface area (Å²) in [5, 5.41) is 3.35. The van der Waals surface area contributed by atoms with Crippen LogP contribution >= 0.6 is 0 Å². The summed E-state index contributed by atoms with van der Waals surface area (Å²) in [4.78, 5) is 9.25. The Morgan fingerprint density at radius 3 is 2.19 bits per heavy atom. The van der Waals surface area contributed by atoms with Crippen molar-refractivity contribution in [2.24, 2.45) is 4.99 Å². The highest BCUT2D eigenvalue weighted by atomic mass is 32.2. The van der Waals surface area contributed by atoms with Crippen molar-refractivity contribution >= 4 is 21.7 Å². The van der Waals surface area contributed by atoms with Gasteiger partial charge in [0.1, 0.15) is 5.82 Å². The highest BCUT2D eigenvalue weighted by molar-refractivity contribution is 7.88. The van der Waals surface area contributed by atoms with Crippen molar-refractivity contribution in [1.82, 2.24) is 14.9 Å². The number of piperazine rings is 1. The summed E-state index contributed by atoms with van der Waals surface area (Å²) in [6, 6.07) is 14.1. The van der Waals surface area contributed by atoms with Gasteiger partial charge in [-0.15, -0.1) is 0 Å². The van der Waals surface area contributed by atoms with E-state index in [4.69, 9.17) is 4.99 Å². The van der Waals surface area contributed by atoms with Crippen LogP contribution in [0.4, 0.5) is 10.1 Å². The van der Waals surface area contributed by atoms with Crippen LogP contribution in [-0.2, 0) is 22.3 Å². The van der Waals surface area contributed by atoms with E-state index in [1.165, 1.54) is 19.2 Å². The number of hydrogen-bond donors (Lipinski definition) is 2. The second-order valence-corrected chi connectivity index (χ2v) is 9.33. The number of hydrogen-bond acceptors (Lipinski definition) is 4. The van der Waals surface area contributed by atoms with E-state index in [1.807, 2.05) is 43.3 Å². The van der Waals surface area contributed by atoms with Gasteiger partial charge in [0.15, 0.2) is 5.96 Å². The Morgan fingerprint density at radius 2 is 1.61 bits per heavy atom. The van der Waals surface area contributed by atoms with E-state index in [-0.39, 0.29) is 11.6 Å². The van der Waals surface area contributed by atoms with Gasteiger partial charge in [-0.3, -0.25) is 0 Å². The minimum Gasteiger partial charge on any atom is -0.368 e. The second kappa shape index (κ2) is 10.6. The van der Waals surface area contributed by atoms with Gasteiger partial charge >= 0.3 is 0 Å². The molecule has 0 amide bonds. The van der Waals surface area contributed by atoms with E-state index in [9.17, 15) is 12.8 Å². The van der Waals surface area contributed by atoms with E-state index in [0.29, 0.717) is 6.54 Å². The van der Waals surface area contributed by atoms with Crippen LogP contribution in [0.25, 0.3) is 0 Å². The number of sulfonamides is 1. The first-order valence-corrected chi connectivity index (χ1v) is 12.1. The summed E-state index contributed by atoms with van der Waals surface area (Å²) in [7, 11) is -1.86. The lowest BCUT2D eigenvalue weighted by atomic mass is 10.1. The summed E-state index contributed by atoms with van der Waals surface area (Å²) in [5.41, 5.74) is 2.79. The highest BCUT2D eigenvalue weighted by Gasteiger charge is 2.20. The fourth-order valence-electron chi connectivity index (χ4n) is 3.45. The number of guanidine groups is 1. The van der Waals surface area contributed by atoms with Gasteiger partial charge in [-0.05, 0) is 49.4 Å². The topological polar surface area (TPSA) is 77.0 Å². The molecule has 3 rings (SSSR count). The first-order chi connectivity index (χ1) is 14.9. The van der Waals surface area contributed by atoms with Crippen molar-refractivity contribution in [2.45, 2.75) is 19.2 Å². The maximum Gasteiger partial charge on any atom is 0.215 e. The Hall–Kier alpha value is -2.65. The van der Waals surface area contributed by atoms with Crippen LogP contribution < -0.4 is 14.9 Å². The van der Waals surface area contributed by atoms with Crippen molar-refractivity contribution in [3.63, 3.8) is 0 Å². The zero-order valence-electron chi connectivity index (χ0n) is 18.0. The van der Waals surface area contributed by atoms with Gasteiger partial charge in [-0.2, -0.15) is 0 Å². The van der Waals surface area contributed by atoms with Crippen LogP contribution in [0.3, 0.4) is 0 Å². The third-order valence-corrected chi connectivity index (χ3v) is 6.54. The third kappa shape index (κ3) is 6.67. The molecule has 1 aliphatic heterocycles. The fourth-order valence-corrected chi connectivity index (χ4v) is 4.23. The van der Waals surface area contributed by atoms with Gasteiger partial charge in [0.25, 0.3) is 0 Å². The van der Waals surface area contributed by atoms with Gasteiger partial charge in [0.05, 0.1) is 12.3 Å². The lowest BCUT2D eigenvalue weighted by molar-refractivity contribution is 0.372. The minimum atomic E-state index is -3.28. The van der Waals surface area contributed by atoms with Crippen LogP contribution in [0.2, 0.25) is 0 Å². The Bertz CT molecular complexity index is 970. The van der Waals surface area contributed by atoms with Crippen LogP contribution in [0.15, 0.2) is 53.5 Å². The van der Waals surface area contributed by atoms with E-state index in [2.05, 4.69) is 19.8 Å². The molecule has 9 heteroatoms. The summed E-state index contributed by atoms with van der Waals surface area (Å²) in [6.45, 7) is 6.65. The predicted octanol–water partition coefficient (Wildman–Crippen LogP) is 2.16. The molecule has 2 aromatic carbocycles. The molecule has 0 saturated carbocycles. The summed E-state index contributed by atoms with van der Waals surface area (Å²) in [5.74, 6) is 0.609. The maximum absolute atomic E-state index is 13.2. The molecule has 2 aromatic rings. The molecule has 1 fully saturated rings. The summed E-state index contributed by atoms with van der Waals surface area (Å²) < 4.78 is 38.8. The average Bonchev–Trinajstić information content (AvgIpc) is 2.78. The van der Waals surface area contributed by atoms with Gasteiger partial charge < -0.3 is 15.1 Å². The van der Waals surface area contributed by atoms with Crippen LogP contribution in [0, 0.1) is 5.82 Å². The second-order valence-electron chi connectivity index (χ2n) is 7.40. The number of rotatable bonds is 7. The van der Waals surface area contributed by atoms with E-state index < -0.39 is 10.0 Å². The smallest absolute Gasteiger partial charge is 0.215 e. The Labute approximate surface area is 184 Å². The first-order valence-electron chi connectivity index (χ1n) is 10.4. The Balaban J connectivity index is 1.59. The largest absolute Gasteiger partial charge is 0.368 e. The van der Waals surface area contributed by atoms with Crippen molar-refractivity contribution in [1.29, 1.82) is 0 Å². The van der Waals surface area contributed by atoms with Gasteiger partial charge in [-0.25, -0.2) is 22.5 Å². The first kappa shape index (κ1) is 23.0. The third-order valence-electron chi connectivity index (χ3n) is 5.21. The zero-order chi connectivity index (χ0) is 22.3. The fraction of sp³-hybridized carbons (Fsp3) is 0.409. The number of halogens is 1. The quantitative estimate of drug-likeness (QED) is 0.503. The van der Waals surface area contributed by atoms with E-state index >= 15 is 0 Å². The standard InChI is InChI=1S/C22H30FN5O2S/c1-3-25-22(26-16-18-4-6-19(7-5-18)17-31(29,30)24-2)28-14-12-27(13-15-28)21-10-8-20(23)9-11-21/h4-11,24H,3,12-17H2,1-2H3,(H,25,26). The molecule has 0 radical (unpaired) electrons. The SMILES string of the molecule is CCNC(=NCc1ccc(CS(=O)(=O)NC)cc1)N1CCN(c2ccc(F)cc2)CC1. The molecule has 0 aromatic heterocycles. The van der Waals surface area contributed by atoms with Gasteiger partial charge in [-0.1, -0.05) is 24.3 Å². The molecule has 1 heterocycles. The van der Waals surface area contributed by atoms with Crippen molar-refractivity contribution < 1.29 is 12.8 Å². The molecule has 31 heavy (non-hydrogen) atoms. The number of benzene rings is 2. The molecule has 0 aliphatic carbocycles. The lowest BCUT2D eigenvalue weighted by Gasteiger charge is -2.37. The molecule has 0 spiro atoms. The van der Waals surface area contributed by atoms with E-state index in [0.717, 1.165) is 55.5 Å². The van der Waals surface area contributed by atoms with Crippen molar-refractivity contribution in [3.05, 3.63) is 65.5 Å². The Morgan fingerprint density at radius 1 is 1.00 bits per heavy atom. The van der Waals surface area contributed by atoms with Crippen molar-refractivity contribution in [2.75, 3.05) is 44.7 Å². The molecular formula is C22H30FN5O2S. The normalized spacial score (nSPS) is 15.3. The predicted molar refractivity (Wildman–Crippen MR) is 123 cm³/mol. The van der Waals surface area contributed by atoms with Gasteiger partial charge in [0, 0.05) is 38.4 Å². The number of anilines is 1. The number of aliphatic imine (C=N–C) groups is 1. The molecule has 1 aliphatic rings. The molecular weight excluding hydrogens is 417 g/mol. The van der Waals surface area contributed by atoms with Crippen LogP contribution in [0.5, 0.6) is 0 Å². The molecule has 1 saturated heterocycles. The molecule has 2 N–H and O–H groups in total. The maximum atomic E-state index is 13.2. The Kier molecular flexibility index (Phi) is 7.86. The van der Waals surface area contributed by atoms with Gasteiger partial charge in [0.2, 0.25) is 10.0 Å². The van der Waals surface area contributed by atoms with Crippen LogP contribution in [-0.4, -0.2) is 59.0 Å². The minimum absolute atomic E-state index is 0.0337. The highest BCUT2D eigenvalue weighted by Crippen LogP contribution is 2.17. The average molecular weight is 448 g/mol. The summed E-state index contributed by atoms with van der Waals surface area (Å²) >= 11 is 0. The van der Waals surface area contributed by atoms with E-state index in [1.54, 1.807) is 0 Å². The van der Waals surface area contributed by atoms with Crippen molar-refractivity contribution in [3.8, 4) is 0 Å². The lowest BCUT2D eigenvalue weighted by Crippen LogP contribution is -2.52. The molecule has 0 atom stereocenters. The monoisotopic (exact) mass is 447 g/mol. The molecule has 7 nitrogen and oxygen atoms in total. The molecule has 168 valence electrons. The van der Waals surface area contributed by atoms with Crippen LogP contribution in [0.1, 0.15) is 18.1 Å². The summed E-state index contributed by atoms with van der Waals surface area (Å²) in [6.07, 6.45) is 0. The number of nitrogens with one attached hydrogen (secondary N) is 2.